The molecule has 0 heterocycles. The Kier molecular flexibility index (Phi) is 5.82. The Morgan fingerprint density at radius 3 is 2.17 bits per heavy atom. The first kappa shape index (κ1) is 14.7. The largest absolute Gasteiger partial charge is 0.478 e. The van der Waals surface area contributed by atoms with Gasteiger partial charge in [0.2, 0.25) is 0 Å². The van der Waals surface area contributed by atoms with E-state index in [0.717, 1.165) is 18.7 Å². The van der Waals surface area contributed by atoms with Gasteiger partial charge in [0.25, 0.3) is 0 Å². The lowest BCUT2D eigenvalue weighted by atomic mass is 10.1. The van der Waals surface area contributed by atoms with E-state index in [1.807, 2.05) is 19.1 Å². The number of hydrogen-bond acceptors (Lipinski definition) is 3. The summed E-state index contributed by atoms with van der Waals surface area (Å²) in [6.07, 6.45) is -0.104. The third kappa shape index (κ3) is 3.55. The van der Waals surface area contributed by atoms with Gasteiger partial charge in [0, 0.05) is 6.61 Å². The lowest BCUT2D eigenvalue weighted by Gasteiger charge is -2.29. The molecule has 0 aliphatic carbocycles. The molecule has 1 N–H and O–H groups in total. The molecule has 0 radical (unpaired) electrons. The van der Waals surface area contributed by atoms with Crippen LogP contribution in [0.1, 0.15) is 42.9 Å². The van der Waals surface area contributed by atoms with Crippen LogP contribution >= 0.6 is 0 Å². The van der Waals surface area contributed by atoms with Crippen molar-refractivity contribution in [3.05, 3.63) is 35.4 Å². The maximum absolute atomic E-state index is 10.8. The van der Waals surface area contributed by atoms with Crippen LogP contribution in [-0.4, -0.2) is 35.7 Å². The van der Waals surface area contributed by atoms with Gasteiger partial charge in [-0.15, -0.1) is 0 Å². The van der Waals surface area contributed by atoms with E-state index < -0.39 is 5.97 Å². The summed E-state index contributed by atoms with van der Waals surface area (Å²) >= 11 is 0. The van der Waals surface area contributed by atoms with Crippen LogP contribution in [0.2, 0.25) is 0 Å². The monoisotopic (exact) mass is 251 g/mol. The van der Waals surface area contributed by atoms with Crippen molar-refractivity contribution in [1.29, 1.82) is 0 Å². The van der Waals surface area contributed by atoms with Crippen molar-refractivity contribution in [1.82, 2.24) is 4.90 Å². The maximum atomic E-state index is 10.8. The van der Waals surface area contributed by atoms with E-state index in [1.54, 1.807) is 12.1 Å². The number of hydrogen-bond donors (Lipinski definition) is 1. The van der Waals surface area contributed by atoms with Crippen LogP contribution in [0, 0.1) is 0 Å². The molecule has 1 aromatic rings. The summed E-state index contributed by atoms with van der Waals surface area (Å²) in [6, 6.07) is 6.88. The number of aromatic carboxylic acids is 1. The predicted octanol–water partition coefficient (Wildman–Crippen LogP) is 2.76. The second-order valence-electron chi connectivity index (χ2n) is 3.96. The molecule has 4 nitrogen and oxygen atoms in total. The van der Waals surface area contributed by atoms with Crippen molar-refractivity contribution in [2.24, 2.45) is 0 Å². The number of rotatable bonds is 7. The van der Waals surface area contributed by atoms with Crippen LogP contribution < -0.4 is 0 Å². The molecule has 1 aromatic carbocycles. The van der Waals surface area contributed by atoms with Crippen LogP contribution in [0.15, 0.2) is 24.3 Å². The van der Waals surface area contributed by atoms with Crippen LogP contribution in [0.4, 0.5) is 0 Å². The van der Waals surface area contributed by atoms with E-state index in [9.17, 15) is 4.79 Å². The van der Waals surface area contributed by atoms with Gasteiger partial charge < -0.3 is 9.84 Å². The van der Waals surface area contributed by atoms with Gasteiger partial charge in [-0.1, -0.05) is 26.0 Å². The normalized spacial score (nSPS) is 12.7. The Labute approximate surface area is 108 Å². The fourth-order valence-electron chi connectivity index (χ4n) is 1.92. The first-order valence-corrected chi connectivity index (χ1v) is 6.32. The number of ether oxygens (including phenoxy) is 1. The summed E-state index contributed by atoms with van der Waals surface area (Å²) < 4.78 is 5.75. The van der Waals surface area contributed by atoms with Crippen molar-refractivity contribution in [3.63, 3.8) is 0 Å². The molecular formula is C14H21NO3. The molecule has 0 fully saturated rings. The molecule has 18 heavy (non-hydrogen) atoms. The molecule has 0 aliphatic heterocycles. The summed E-state index contributed by atoms with van der Waals surface area (Å²) in [6.45, 7) is 8.54. The second-order valence-corrected chi connectivity index (χ2v) is 3.96. The van der Waals surface area contributed by atoms with E-state index in [0.29, 0.717) is 12.2 Å². The van der Waals surface area contributed by atoms with Gasteiger partial charge in [0.15, 0.2) is 0 Å². The Morgan fingerprint density at radius 2 is 1.78 bits per heavy atom. The zero-order chi connectivity index (χ0) is 13.5. The molecule has 1 unspecified atom stereocenters. The van der Waals surface area contributed by atoms with E-state index in [1.165, 1.54) is 0 Å². The smallest absolute Gasteiger partial charge is 0.335 e. The number of carboxylic acid groups (broad SMARTS) is 1. The molecule has 1 atom stereocenters. The number of benzene rings is 1. The topological polar surface area (TPSA) is 49.8 Å². The maximum Gasteiger partial charge on any atom is 0.335 e. The third-order valence-corrected chi connectivity index (χ3v) is 2.91. The average molecular weight is 251 g/mol. The quantitative estimate of drug-likeness (QED) is 0.757. The van der Waals surface area contributed by atoms with E-state index >= 15 is 0 Å². The van der Waals surface area contributed by atoms with Crippen molar-refractivity contribution in [2.45, 2.75) is 27.0 Å². The summed E-state index contributed by atoms with van der Waals surface area (Å²) in [5, 5.41) is 8.88. The Hall–Kier alpha value is -1.39. The molecule has 0 aromatic heterocycles. The number of nitrogens with zero attached hydrogens (tertiary/aromatic N) is 1. The second kappa shape index (κ2) is 7.13. The molecule has 0 aliphatic rings. The molecule has 0 spiro atoms. The highest BCUT2D eigenvalue weighted by atomic mass is 16.5. The average Bonchev–Trinajstić information content (AvgIpc) is 2.39. The predicted molar refractivity (Wildman–Crippen MR) is 70.7 cm³/mol. The van der Waals surface area contributed by atoms with Gasteiger partial charge in [0.05, 0.1) is 5.56 Å². The van der Waals surface area contributed by atoms with E-state index in [-0.39, 0.29) is 6.23 Å². The summed E-state index contributed by atoms with van der Waals surface area (Å²) in [4.78, 5) is 13.0. The van der Waals surface area contributed by atoms with Gasteiger partial charge in [0.1, 0.15) is 6.23 Å². The Bertz CT molecular complexity index is 371. The highest BCUT2D eigenvalue weighted by Gasteiger charge is 2.18. The molecule has 0 saturated heterocycles. The molecule has 0 bridgehead atoms. The minimum atomic E-state index is -0.905. The van der Waals surface area contributed by atoms with Crippen LogP contribution in [0.25, 0.3) is 0 Å². The van der Waals surface area contributed by atoms with E-state index in [2.05, 4.69) is 18.7 Å². The van der Waals surface area contributed by atoms with Crippen molar-refractivity contribution < 1.29 is 14.6 Å². The van der Waals surface area contributed by atoms with Gasteiger partial charge >= 0.3 is 5.97 Å². The highest BCUT2D eigenvalue weighted by Crippen LogP contribution is 2.22. The molecule has 1 rings (SSSR count). The molecule has 100 valence electrons. The summed E-state index contributed by atoms with van der Waals surface area (Å²) in [5.41, 5.74) is 1.29. The van der Waals surface area contributed by atoms with Crippen molar-refractivity contribution >= 4 is 5.97 Å². The fraction of sp³-hybridized carbons (Fsp3) is 0.500. The van der Waals surface area contributed by atoms with Crippen LogP contribution in [-0.2, 0) is 4.74 Å². The third-order valence-electron chi connectivity index (χ3n) is 2.91. The number of carboxylic acids is 1. The van der Waals surface area contributed by atoms with Gasteiger partial charge in [-0.3, -0.25) is 4.90 Å². The van der Waals surface area contributed by atoms with Crippen molar-refractivity contribution in [2.75, 3.05) is 19.7 Å². The lowest BCUT2D eigenvalue weighted by molar-refractivity contribution is -0.0530. The van der Waals surface area contributed by atoms with Gasteiger partial charge in [-0.25, -0.2) is 4.79 Å². The van der Waals surface area contributed by atoms with Crippen LogP contribution in [0.3, 0.4) is 0 Å². The fourth-order valence-corrected chi connectivity index (χ4v) is 1.92. The first-order valence-electron chi connectivity index (χ1n) is 6.32. The van der Waals surface area contributed by atoms with Crippen molar-refractivity contribution in [3.8, 4) is 0 Å². The first-order chi connectivity index (χ1) is 8.63. The standard InChI is InChI=1S/C14H21NO3/c1-4-15(5-2)13(18-6-3)11-7-9-12(10-8-11)14(16)17/h7-10,13H,4-6H2,1-3H3,(H,16,17). The molecule has 4 heteroatoms. The molecule has 0 amide bonds. The summed E-state index contributed by atoms with van der Waals surface area (Å²) in [7, 11) is 0. The van der Waals surface area contributed by atoms with Gasteiger partial charge in [-0.2, -0.15) is 0 Å². The Morgan fingerprint density at radius 1 is 1.22 bits per heavy atom. The Balaban J connectivity index is 2.94. The van der Waals surface area contributed by atoms with E-state index in [4.69, 9.17) is 9.84 Å². The molecule has 0 saturated carbocycles. The minimum absolute atomic E-state index is 0.104. The zero-order valence-electron chi connectivity index (χ0n) is 11.2. The highest BCUT2D eigenvalue weighted by molar-refractivity contribution is 5.87. The molecular weight excluding hydrogens is 230 g/mol. The zero-order valence-corrected chi connectivity index (χ0v) is 11.2. The summed E-state index contributed by atoms with van der Waals surface area (Å²) in [5.74, 6) is -0.905. The SMILES string of the molecule is CCOC(c1ccc(C(=O)O)cc1)N(CC)CC. The number of carbonyl (C=O) groups is 1. The lowest BCUT2D eigenvalue weighted by Crippen LogP contribution is -2.30. The van der Waals surface area contributed by atoms with Gasteiger partial charge in [-0.05, 0) is 37.7 Å². The minimum Gasteiger partial charge on any atom is -0.478 e. The van der Waals surface area contributed by atoms with Crippen LogP contribution in [0.5, 0.6) is 0 Å².